The highest BCUT2D eigenvalue weighted by Crippen LogP contribution is 2.24. The van der Waals surface area contributed by atoms with Gasteiger partial charge in [0.2, 0.25) is 0 Å². The Hall–Kier alpha value is -4.07. The zero-order chi connectivity index (χ0) is 26.3. The predicted molar refractivity (Wildman–Crippen MR) is 143 cm³/mol. The van der Waals surface area contributed by atoms with Crippen molar-refractivity contribution >= 4 is 23.0 Å². The first-order valence-electron chi connectivity index (χ1n) is 12.8. The normalized spacial score (nSPS) is 10.9. The summed E-state index contributed by atoms with van der Waals surface area (Å²) < 4.78 is 11.1. The molecule has 0 spiro atoms. The maximum Gasteiger partial charge on any atom is 0.343 e. The van der Waals surface area contributed by atoms with Crippen molar-refractivity contribution in [1.29, 1.82) is 0 Å². The molecule has 0 radical (unpaired) electrons. The van der Waals surface area contributed by atoms with E-state index < -0.39 is 10.9 Å². The number of hydrogen-bond acceptors (Lipinski definition) is 7. The molecule has 194 valence electrons. The fraction of sp³-hybridized carbons (Fsp3) is 0.345. The lowest BCUT2D eigenvalue weighted by atomic mass is 10.1. The van der Waals surface area contributed by atoms with E-state index in [0.29, 0.717) is 17.1 Å². The first kappa shape index (κ1) is 27.5. The van der Waals surface area contributed by atoms with Gasteiger partial charge in [0.05, 0.1) is 28.5 Å². The molecule has 0 N–H and O–H groups in total. The van der Waals surface area contributed by atoms with Gasteiger partial charge in [0.25, 0.3) is 5.69 Å². The number of nitro groups is 1. The molecule has 0 saturated heterocycles. The van der Waals surface area contributed by atoms with E-state index in [9.17, 15) is 14.9 Å². The van der Waals surface area contributed by atoms with Crippen LogP contribution in [0.3, 0.4) is 0 Å². The maximum atomic E-state index is 12.2. The van der Waals surface area contributed by atoms with Crippen LogP contribution < -0.4 is 9.47 Å². The second-order valence-electron chi connectivity index (χ2n) is 8.70. The molecular formula is C29H33N3O5. The molecule has 0 bridgehead atoms. The number of benzene rings is 3. The summed E-state index contributed by atoms with van der Waals surface area (Å²) in [5.41, 5.74) is 1.44. The second-order valence-corrected chi connectivity index (χ2v) is 8.70. The van der Waals surface area contributed by atoms with Crippen LogP contribution in [0.2, 0.25) is 0 Å². The molecule has 0 aliphatic heterocycles. The van der Waals surface area contributed by atoms with Crippen LogP contribution in [0.25, 0.3) is 0 Å². The number of carbonyl (C=O) groups is 1. The fourth-order valence-electron chi connectivity index (χ4n) is 3.62. The number of non-ortho nitro benzene ring substituents is 1. The SMILES string of the molecule is CCCCCCCCCCOc1ccc(N=Nc2ccc(OC(=O)c3ccc([N+](=O)[O-])cc3)cc2)cc1. The number of nitro benzene ring substituents is 1. The summed E-state index contributed by atoms with van der Waals surface area (Å²) in [6.07, 6.45) is 10.2. The standard InChI is InChI=1S/C29H33N3O5/c1-2-3-4-5-6-7-8-9-22-36-27-18-12-24(13-19-27)30-31-25-14-20-28(21-15-25)37-29(33)23-10-16-26(17-11-23)32(34)35/h10-21H,2-9,22H2,1H3. The van der Waals surface area contributed by atoms with Gasteiger partial charge < -0.3 is 9.47 Å². The lowest BCUT2D eigenvalue weighted by Crippen LogP contribution is -2.08. The Kier molecular flexibility index (Phi) is 11.3. The van der Waals surface area contributed by atoms with Crippen LogP contribution in [-0.2, 0) is 0 Å². The van der Waals surface area contributed by atoms with Gasteiger partial charge in [0.1, 0.15) is 11.5 Å². The van der Waals surface area contributed by atoms with Crippen LogP contribution in [-0.4, -0.2) is 17.5 Å². The maximum absolute atomic E-state index is 12.2. The van der Waals surface area contributed by atoms with Gasteiger partial charge in [0.15, 0.2) is 0 Å². The van der Waals surface area contributed by atoms with Gasteiger partial charge in [-0.05, 0) is 67.1 Å². The molecule has 0 aliphatic carbocycles. The third kappa shape index (κ3) is 9.83. The van der Waals surface area contributed by atoms with Crippen LogP contribution in [0.1, 0.15) is 68.6 Å². The van der Waals surface area contributed by atoms with E-state index >= 15 is 0 Å². The van der Waals surface area contributed by atoms with Crippen molar-refractivity contribution in [3.8, 4) is 11.5 Å². The third-order valence-electron chi connectivity index (χ3n) is 5.75. The molecule has 8 nitrogen and oxygen atoms in total. The van der Waals surface area contributed by atoms with Crippen LogP contribution in [0.5, 0.6) is 11.5 Å². The van der Waals surface area contributed by atoms with E-state index in [-0.39, 0.29) is 11.3 Å². The molecule has 8 heteroatoms. The summed E-state index contributed by atoms with van der Waals surface area (Å²) in [7, 11) is 0. The monoisotopic (exact) mass is 503 g/mol. The largest absolute Gasteiger partial charge is 0.494 e. The molecule has 3 aromatic carbocycles. The fourth-order valence-corrected chi connectivity index (χ4v) is 3.62. The summed E-state index contributed by atoms with van der Waals surface area (Å²) in [6, 6.07) is 19.3. The molecule has 0 aliphatic rings. The highest BCUT2D eigenvalue weighted by atomic mass is 16.6. The number of unbranched alkanes of at least 4 members (excludes halogenated alkanes) is 7. The van der Waals surface area contributed by atoms with E-state index in [2.05, 4.69) is 17.2 Å². The van der Waals surface area contributed by atoms with Gasteiger partial charge in [0, 0.05) is 12.1 Å². The molecule has 0 heterocycles. The van der Waals surface area contributed by atoms with Crippen molar-refractivity contribution in [2.24, 2.45) is 10.2 Å². The Balaban J connectivity index is 1.39. The lowest BCUT2D eigenvalue weighted by molar-refractivity contribution is -0.384. The zero-order valence-electron chi connectivity index (χ0n) is 21.2. The Morgan fingerprint density at radius 1 is 0.730 bits per heavy atom. The van der Waals surface area contributed by atoms with Gasteiger partial charge in [-0.3, -0.25) is 10.1 Å². The second kappa shape index (κ2) is 15.1. The van der Waals surface area contributed by atoms with E-state index in [1.54, 1.807) is 24.3 Å². The van der Waals surface area contributed by atoms with E-state index in [1.165, 1.54) is 69.2 Å². The topological polar surface area (TPSA) is 103 Å². The molecule has 0 saturated carbocycles. The highest BCUT2D eigenvalue weighted by molar-refractivity contribution is 5.91. The van der Waals surface area contributed by atoms with E-state index in [0.717, 1.165) is 18.8 Å². The van der Waals surface area contributed by atoms with E-state index in [1.807, 2.05) is 24.3 Å². The minimum Gasteiger partial charge on any atom is -0.494 e. The molecule has 3 aromatic rings. The molecule has 3 rings (SSSR count). The minimum absolute atomic E-state index is 0.0905. The number of rotatable bonds is 15. The summed E-state index contributed by atoms with van der Waals surface area (Å²) in [5, 5.41) is 19.2. The first-order chi connectivity index (χ1) is 18.0. The first-order valence-corrected chi connectivity index (χ1v) is 12.8. The number of nitrogens with zero attached hydrogens (tertiary/aromatic N) is 3. The van der Waals surface area contributed by atoms with Gasteiger partial charge in [-0.25, -0.2) is 4.79 Å². The molecule has 0 aromatic heterocycles. The Labute approximate surface area is 217 Å². The molecule has 0 atom stereocenters. The molecule has 37 heavy (non-hydrogen) atoms. The smallest absolute Gasteiger partial charge is 0.343 e. The third-order valence-corrected chi connectivity index (χ3v) is 5.75. The number of ether oxygens (including phenoxy) is 2. The van der Waals surface area contributed by atoms with Crippen molar-refractivity contribution in [2.45, 2.75) is 58.3 Å². The average molecular weight is 504 g/mol. The van der Waals surface area contributed by atoms with E-state index in [4.69, 9.17) is 9.47 Å². The molecule has 0 unspecified atom stereocenters. The van der Waals surface area contributed by atoms with Gasteiger partial charge >= 0.3 is 5.97 Å². The van der Waals surface area contributed by atoms with Crippen molar-refractivity contribution in [2.75, 3.05) is 6.61 Å². The Bertz CT molecular complexity index is 1140. The Morgan fingerprint density at radius 3 is 1.78 bits per heavy atom. The van der Waals surface area contributed by atoms with Gasteiger partial charge in [-0.2, -0.15) is 10.2 Å². The van der Waals surface area contributed by atoms with Crippen molar-refractivity contribution in [3.05, 3.63) is 88.5 Å². The van der Waals surface area contributed by atoms with Crippen LogP contribution in [0, 0.1) is 10.1 Å². The minimum atomic E-state index is -0.603. The van der Waals surface area contributed by atoms with Crippen LogP contribution in [0.15, 0.2) is 83.0 Å². The summed E-state index contributed by atoms with van der Waals surface area (Å²) in [4.78, 5) is 22.4. The average Bonchev–Trinajstić information content (AvgIpc) is 2.92. The quantitative estimate of drug-likeness (QED) is 0.0515. The lowest BCUT2D eigenvalue weighted by Gasteiger charge is -2.06. The predicted octanol–water partition coefficient (Wildman–Crippen LogP) is 8.75. The summed E-state index contributed by atoms with van der Waals surface area (Å²) in [5.74, 6) is 0.551. The highest BCUT2D eigenvalue weighted by Gasteiger charge is 2.11. The summed E-state index contributed by atoms with van der Waals surface area (Å²) >= 11 is 0. The number of hydrogen-bond donors (Lipinski definition) is 0. The van der Waals surface area contributed by atoms with Crippen molar-refractivity contribution in [3.63, 3.8) is 0 Å². The van der Waals surface area contributed by atoms with Crippen molar-refractivity contribution in [1.82, 2.24) is 0 Å². The number of carbonyl (C=O) groups excluding carboxylic acids is 1. The van der Waals surface area contributed by atoms with Gasteiger partial charge in [-0.1, -0.05) is 51.9 Å². The number of esters is 1. The molecule has 0 fully saturated rings. The zero-order valence-corrected chi connectivity index (χ0v) is 21.2. The summed E-state index contributed by atoms with van der Waals surface area (Å²) in [6.45, 7) is 2.96. The van der Waals surface area contributed by atoms with Crippen LogP contribution >= 0.6 is 0 Å². The number of azo groups is 1. The molecular weight excluding hydrogens is 470 g/mol. The molecule has 0 amide bonds. The van der Waals surface area contributed by atoms with Crippen molar-refractivity contribution < 1.29 is 19.2 Å². The van der Waals surface area contributed by atoms with Gasteiger partial charge in [-0.15, -0.1) is 0 Å². The van der Waals surface area contributed by atoms with Crippen LogP contribution in [0.4, 0.5) is 17.1 Å². The Morgan fingerprint density at radius 2 is 1.24 bits per heavy atom.